The first-order valence-electron chi connectivity index (χ1n) is 15.5. The number of fused-ring (bicyclic) bond motifs is 1. The summed E-state index contributed by atoms with van der Waals surface area (Å²) in [5, 5.41) is 0. The molecule has 0 N–H and O–H groups in total. The number of carbonyl (C=O) groups excluding carboxylic acids is 2. The van der Waals surface area contributed by atoms with Crippen molar-refractivity contribution in [1.29, 1.82) is 0 Å². The van der Waals surface area contributed by atoms with Gasteiger partial charge in [-0.15, -0.1) is 0 Å². The Labute approximate surface area is 238 Å². The summed E-state index contributed by atoms with van der Waals surface area (Å²) in [6.45, 7) is 4.79. The van der Waals surface area contributed by atoms with Crippen molar-refractivity contribution in [2.75, 3.05) is 11.4 Å². The SMILES string of the molecule is CCCCCCCCCCCCC(CCCCCCCCCC)CN1C(=O)C(=O)c2cc(F)c(Br)c(F)c21. The van der Waals surface area contributed by atoms with Crippen LogP contribution in [0.4, 0.5) is 14.5 Å². The number of hydrogen-bond donors (Lipinski definition) is 0. The molecule has 0 radical (unpaired) electrons. The van der Waals surface area contributed by atoms with Crippen molar-refractivity contribution in [2.24, 2.45) is 5.92 Å². The van der Waals surface area contributed by atoms with Crippen molar-refractivity contribution < 1.29 is 18.4 Å². The lowest BCUT2D eigenvalue weighted by Gasteiger charge is -2.25. The molecule has 0 aromatic heterocycles. The molecule has 0 spiro atoms. The lowest BCUT2D eigenvalue weighted by Crippen LogP contribution is -2.35. The van der Waals surface area contributed by atoms with Crippen molar-refractivity contribution in [2.45, 2.75) is 142 Å². The van der Waals surface area contributed by atoms with E-state index in [1.54, 1.807) is 0 Å². The first-order valence-corrected chi connectivity index (χ1v) is 16.2. The summed E-state index contributed by atoms with van der Waals surface area (Å²) < 4.78 is 28.7. The van der Waals surface area contributed by atoms with Gasteiger partial charge in [0.1, 0.15) is 5.82 Å². The highest BCUT2D eigenvalue weighted by Gasteiger charge is 2.40. The molecule has 1 amide bonds. The number of halogens is 3. The maximum atomic E-state index is 15.0. The second-order valence-electron chi connectivity index (χ2n) is 11.2. The molecule has 3 nitrogen and oxygen atoms in total. The maximum Gasteiger partial charge on any atom is 0.299 e. The molecule has 2 rings (SSSR count). The fraction of sp³-hybridized carbons (Fsp3) is 0.750. The number of carbonyl (C=O) groups is 2. The van der Waals surface area contributed by atoms with Crippen molar-refractivity contribution in [3.63, 3.8) is 0 Å². The van der Waals surface area contributed by atoms with Crippen LogP contribution in [0.2, 0.25) is 0 Å². The van der Waals surface area contributed by atoms with E-state index < -0.39 is 23.3 Å². The molecule has 1 aromatic carbocycles. The van der Waals surface area contributed by atoms with Gasteiger partial charge in [0.05, 0.1) is 15.7 Å². The van der Waals surface area contributed by atoms with Crippen LogP contribution in [0, 0.1) is 17.6 Å². The number of amides is 1. The number of ketones is 1. The zero-order valence-corrected chi connectivity index (χ0v) is 25.5. The third-order valence-corrected chi connectivity index (χ3v) is 8.69. The molecular formula is C32H50BrF2NO2. The Kier molecular flexibility index (Phi) is 16.4. The van der Waals surface area contributed by atoms with Crippen LogP contribution < -0.4 is 4.90 Å². The minimum absolute atomic E-state index is 0.0581. The van der Waals surface area contributed by atoms with E-state index >= 15 is 0 Å². The van der Waals surface area contributed by atoms with E-state index in [1.165, 1.54) is 94.8 Å². The molecule has 0 aliphatic carbocycles. The van der Waals surface area contributed by atoms with Gasteiger partial charge in [-0.2, -0.15) is 0 Å². The van der Waals surface area contributed by atoms with Gasteiger partial charge in [-0.3, -0.25) is 9.59 Å². The Morgan fingerprint density at radius 3 is 1.58 bits per heavy atom. The van der Waals surface area contributed by atoms with Gasteiger partial charge >= 0.3 is 0 Å². The van der Waals surface area contributed by atoms with Crippen molar-refractivity contribution in [3.8, 4) is 0 Å². The van der Waals surface area contributed by atoms with E-state index in [4.69, 9.17) is 0 Å². The Hall–Kier alpha value is -1.30. The summed E-state index contributed by atoms with van der Waals surface area (Å²) in [5.74, 6) is -3.06. The van der Waals surface area contributed by atoms with Gasteiger partial charge in [0.2, 0.25) is 0 Å². The van der Waals surface area contributed by atoms with Crippen LogP contribution in [-0.4, -0.2) is 18.2 Å². The van der Waals surface area contributed by atoms with Crippen molar-refractivity contribution in [3.05, 3.63) is 27.7 Å². The quantitative estimate of drug-likeness (QED) is 0.0756. The summed E-state index contributed by atoms with van der Waals surface area (Å²) in [4.78, 5) is 26.6. The van der Waals surface area contributed by atoms with Gasteiger partial charge in [-0.05, 0) is 40.8 Å². The standard InChI is InChI=1S/C32H50BrF2NO2/c1-3-5-7-9-11-13-14-16-18-20-22-25(21-19-17-15-12-10-8-6-4-2)24-36-30-26(31(37)32(36)38)23-27(34)28(33)29(30)35/h23,25H,3-22,24H2,1-2H3. The molecule has 0 bridgehead atoms. The average Bonchev–Trinajstić information content (AvgIpc) is 3.14. The molecule has 1 aliphatic heterocycles. The van der Waals surface area contributed by atoms with E-state index in [0.717, 1.165) is 44.6 Å². The largest absolute Gasteiger partial charge is 0.302 e. The van der Waals surface area contributed by atoms with E-state index in [2.05, 4.69) is 29.8 Å². The maximum absolute atomic E-state index is 15.0. The number of hydrogen-bond acceptors (Lipinski definition) is 2. The van der Waals surface area contributed by atoms with Crippen LogP contribution in [0.5, 0.6) is 0 Å². The molecule has 1 aromatic rings. The van der Waals surface area contributed by atoms with Gasteiger partial charge in [-0.25, -0.2) is 8.78 Å². The minimum atomic E-state index is -0.857. The molecule has 1 aliphatic rings. The molecule has 1 unspecified atom stereocenters. The van der Waals surface area contributed by atoms with E-state index in [1.807, 2.05) is 0 Å². The second kappa shape index (κ2) is 18.9. The highest BCUT2D eigenvalue weighted by Crippen LogP contribution is 2.38. The molecule has 38 heavy (non-hydrogen) atoms. The number of unbranched alkanes of at least 4 members (excludes halogenated alkanes) is 16. The lowest BCUT2D eigenvalue weighted by atomic mass is 9.93. The predicted molar refractivity (Wildman–Crippen MR) is 158 cm³/mol. The summed E-state index contributed by atoms with van der Waals surface area (Å²) >= 11 is 2.94. The van der Waals surface area contributed by atoms with E-state index in [9.17, 15) is 18.4 Å². The van der Waals surface area contributed by atoms with Gasteiger partial charge in [0.15, 0.2) is 5.82 Å². The third-order valence-electron chi connectivity index (χ3n) is 7.96. The molecular weight excluding hydrogens is 548 g/mol. The van der Waals surface area contributed by atoms with Crippen LogP contribution in [0.3, 0.4) is 0 Å². The van der Waals surface area contributed by atoms with Crippen molar-refractivity contribution in [1.82, 2.24) is 0 Å². The van der Waals surface area contributed by atoms with E-state index in [-0.39, 0.29) is 21.6 Å². The van der Waals surface area contributed by atoms with Gasteiger partial charge in [0, 0.05) is 6.54 Å². The molecule has 0 saturated heterocycles. The molecule has 6 heteroatoms. The fourth-order valence-corrected chi connectivity index (χ4v) is 5.91. The number of anilines is 1. The summed E-state index contributed by atoms with van der Waals surface area (Å²) in [5.41, 5.74) is -0.213. The predicted octanol–water partition coefficient (Wildman–Crippen LogP) is 10.7. The number of Topliss-reactive ketones (excluding diaryl/α,β-unsaturated/α-hetero) is 1. The van der Waals surface area contributed by atoms with E-state index in [0.29, 0.717) is 6.54 Å². The summed E-state index contributed by atoms with van der Waals surface area (Å²) in [6, 6.07) is 0.985. The minimum Gasteiger partial charge on any atom is -0.302 e. The fourth-order valence-electron chi connectivity index (χ4n) is 5.61. The summed E-state index contributed by atoms with van der Waals surface area (Å²) in [6.07, 6.45) is 24.5. The molecule has 0 saturated carbocycles. The van der Waals surface area contributed by atoms with Gasteiger partial charge < -0.3 is 4.90 Å². The molecule has 216 valence electrons. The highest BCUT2D eigenvalue weighted by atomic mass is 79.9. The Morgan fingerprint density at radius 1 is 0.711 bits per heavy atom. The highest BCUT2D eigenvalue weighted by molar-refractivity contribution is 9.10. The summed E-state index contributed by atoms with van der Waals surface area (Å²) in [7, 11) is 0. The number of rotatable bonds is 22. The first-order chi connectivity index (χ1) is 18.4. The lowest BCUT2D eigenvalue weighted by molar-refractivity contribution is -0.114. The van der Waals surface area contributed by atoms with Crippen LogP contribution in [0.25, 0.3) is 0 Å². The number of nitrogens with zero attached hydrogens (tertiary/aromatic N) is 1. The topological polar surface area (TPSA) is 37.4 Å². The zero-order chi connectivity index (χ0) is 27.8. The van der Waals surface area contributed by atoms with Gasteiger partial charge in [0.25, 0.3) is 11.7 Å². The molecule has 1 atom stereocenters. The van der Waals surface area contributed by atoms with Crippen LogP contribution in [0.15, 0.2) is 10.5 Å². The Bertz CT molecular complexity index is 860. The van der Waals surface area contributed by atoms with Crippen LogP contribution in [-0.2, 0) is 4.79 Å². The first kappa shape index (κ1) is 32.9. The Morgan fingerprint density at radius 2 is 1.13 bits per heavy atom. The zero-order valence-electron chi connectivity index (χ0n) is 23.9. The second-order valence-corrected chi connectivity index (χ2v) is 12.0. The smallest absolute Gasteiger partial charge is 0.299 e. The molecule has 1 heterocycles. The Balaban J connectivity index is 1.89. The molecule has 0 fully saturated rings. The third kappa shape index (κ3) is 10.7. The van der Waals surface area contributed by atoms with Crippen LogP contribution in [0.1, 0.15) is 153 Å². The van der Waals surface area contributed by atoms with Crippen molar-refractivity contribution >= 4 is 33.3 Å². The monoisotopic (exact) mass is 597 g/mol. The van der Waals surface area contributed by atoms with Crippen LogP contribution >= 0.6 is 15.9 Å². The van der Waals surface area contributed by atoms with Gasteiger partial charge in [-0.1, -0.05) is 129 Å². The number of benzene rings is 1. The normalized spacial score (nSPS) is 14.0. The average molecular weight is 599 g/mol.